The fraction of sp³-hybridized carbons (Fsp3) is 0.769. The molecule has 1 saturated heterocycles. The predicted octanol–water partition coefficient (Wildman–Crippen LogP) is 0.527. The number of aliphatic hydroxyl groups is 2. The summed E-state index contributed by atoms with van der Waals surface area (Å²) in [6.07, 6.45) is 1.56. The van der Waals surface area contributed by atoms with Crippen LogP contribution in [0.2, 0.25) is 0 Å². The van der Waals surface area contributed by atoms with Gasteiger partial charge in [0.05, 0.1) is 18.8 Å². The number of hydrogen-bond acceptors (Lipinski definition) is 5. The number of carbonyl (C=O) groups is 1. The van der Waals surface area contributed by atoms with Gasteiger partial charge in [-0.1, -0.05) is 13.0 Å². The molecule has 0 spiro atoms. The molecule has 1 fully saturated rings. The van der Waals surface area contributed by atoms with Crippen molar-refractivity contribution in [3.05, 3.63) is 12.2 Å². The van der Waals surface area contributed by atoms with Crippen LogP contribution in [0, 0.1) is 5.92 Å². The zero-order valence-electron chi connectivity index (χ0n) is 11.2. The molecule has 0 saturated carbocycles. The summed E-state index contributed by atoms with van der Waals surface area (Å²) in [5, 5.41) is 27.6. The largest absolute Gasteiger partial charge is 0.478 e. The van der Waals surface area contributed by atoms with Crippen molar-refractivity contribution in [3.63, 3.8) is 0 Å². The van der Waals surface area contributed by atoms with E-state index in [1.165, 1.54) is 0 Å². The zero-order valence-corrected chi connectivity index (χ0v) is 11.2. The lowest BCUT2D eigenvalue weighted by Crippen LogP contribution is -2.49. The third kappa shape index (κ3) is 5.28. The molecule has 0 aliphatic carbocycles. The van der Waals surface area contributed by atoms with E-state index in [9.17, 15) is 15.0 Å². The summed E-state index contributed by atoms with van der Waals surface area (Å²) in [6.45, 7) is 3.68. The summed E-state index contributed by atoms with van der Waals surface area (Å²) < 4.78 is 11.0. The highest BCUT2D eigenvalue weighted by Crippen LogP contribution is 2.24. The summed E-state index contributed by atoms with van der Waals surface area (Å²) in [4.78, 5) is 10.3. The topological polar surface area (TPSA) is 96.2 Å². The van der Waals surface area contributed by atoms with Crippen LogP contribution in [0.5, 0.6) is 0 Å². The molecule has 0 unspecified atom stereocenters. The molecule has 1 aliphatic heterocycles. The predicted molar refractivity (Wildman–Crippen MR) is 67.5 cm³/mol. The van der Waals surface area contributed by atoms with Crippen molar-refractivity contribution in [3.8, 4) is 0 Å². The van der Waals surface area contributed by atoms with E-state index in [-0.39, 0.29) is 18.6 Å². The second kappa shape index (κ2) is 7.59. The molecule has 1 heterocycles. The Bertz CT molecular complexity index is 316. The number of allylic oxidation sites excluding steroid dienone is 1. The van der Waals surface area contributed by atoms with Crippen LogP contribution in [0.4, 0.5) is 0 Å². The fourth-order valence-electron chi connectivity index (χ4n) is 1.93. The highest BCUT2D eigenvalue weighted by molar-refractivity contribution is 5.79. The van der Waals surface area contributed by atoms with Crippen LogP contribution < -0.4 is 0 Å². The van der Waals surface area contributed by atoms with E-state index >= 15 is 0 Å². The van der Waals surface area contributed by atoms with Crippen molar-refractivity contribution in [2.24, 2.45) is 5.92 Å². The highest BCUT2D eigenvalue weighted by Gasteiger charge is 2.36. The van der Waals surface area contributed by atoms with E-state index in [1.54, 1.807) is 13.0 Å². The molecule has 1 aliphatic rings. The minimum absolute atomic E-state index is 0.0574. The van der Waals surface area contributed by atoms with Crippen LogP contribution in [-0.2, 0) is 14.3 Å². The Morgan fingerprint density at radius 2 is 2.21 bits per heavy atom. The van der Waals surface area contributed by atoms with Crippen LogP contribution >= 0.6 is 0 Å². The van der Waals surface area contributed by atoms with E-state index in [2.05, 4.69) is 0 Å². The van der Waals surface area contributed by atoms with Gasteiger partial charge in [0.2, 0.25) is 0 Å². The van der Waals surface area contributed by atoms with E-state index in [0.29, 0.717) is 12.8 Å². The van der Waals surface area contributed by atoms with Gasteiger partial charge in [-0.3, -0.25) is 0 Å². The number of hydrogen-bond donors (Lipinski definition) is 3. The third-order valence-electron chi connectivity index (χ3n) is 3.16. The summed E-state index contributed by atoms with van der Waals surface area (Å²) in [5.74, 6) is -1.27. The Hall–Kier alpha value is -0.950. The maximum atomic E-state index is 10.3. The Morgan fingerprint density at radius 1 is 1.53 bits per heavy atom. The lowest BCUT2D eigenvalue weighted by atomic mass is 9.97. The lowest BCUT2D eigenvalue weighted by Gasteiger charge is -2.37. The Kier molecular flexibility index (Phi) is 6.44. The molecule has 0 aromatic heterocycles. The van der Waals surface area contributed by atoms with Gasteiger partial charge >= 0.3 is 5.97 Å². The summed E-state index contributed by atoms with van der Waals surface area (Å²) in [7, 11) is 0. The number of rotatable bonds is 6. The minimum Gasteiger partial charge on any atom is -0.478 e. The summed E-state index contributed by atoms with van der Waals surface area (Å²) in [6, 6.07) is 0. The first kappa shape index (κ1) is 16.1. The Balaban J connectivity index is 2.32. The molecule has 19 heavy (non-hydrogen) atoms. The van der Waals surface area contributed by atoms with E-state index in [4.69, 9.17) is 14.6 Å². The molecule has 3 N–H and O–H groups in total. The Labute approximate surface area is 112 Å². The van der Waals surface area contributed by atoms with Gasteiger partial charge in [0.1, 0.15) is 6.10 Å². The van der Waals surface area contributed by atoms with E-state index < -0.39 is 24.5 Å². The van der Waals surface area contributed by atoms with Crippen LogP contribution in [0.25, 0.3) is 0 Å². The summed E-state index contributed by atoms with van der Waals surface area (Å²) >= 11 is 0. The smallest absolute Gasteiger partial charge is 0.327 e. The quantitative estimate of drug-likeness (QED) is 0.611. The van der Waals surface area contributed by atoms with Crippen LogP contribution in [0.1, 0.15) is 26.7 Å². The van der Waals surface area contributed by atoms with E-state index in [0.717, 1.165) is 6.08 Å². The second-order valence-electron chi connectivity index (χ2n) is 4.88. The molecule has 5 atom stereocenters. The molecule has 110 valence electrons. The number of aliphatic carboxylic acids is 1. The number of carboxylic acids is 1. The van der Waals surface area contributed by atoms with Gasteiger partial charge in [-0.2, -0.15) is 0 Å². The molecule has 0 aromatic carbocycles. The molecule has 1 rings (SSSR count). The van der Waals surface area contributed by atoms with Crippen molar-refractivity contribution >= 4 is 5.97 Å². The van der Waals surface area contributed by atoms with Gasteiger partial charge in [-0.15, -0.1) is 0 Å². The van der Waals surface area contributed by atoms with Crippen molar-refractivity contribution in [2.75, 3.05) is 6.61 Å². The van der Waals surface area contributed by atoms with Crippen molar-refractivity contribution in [1.82, 2.24) is 0 Å². The normalized spacial score (nSPS) is 33.5. The number of carboxylic acid groups (broad SMARTS) is 1. The second-order valence-corrected chi connectivity index (χ2v) is 4.88. The van der Waals surface area contributed by atoms with Crippen molar-refractivity contribution < 1.29 is 29.6 Å². The van der Waals surface area contributed by atoms with Crippen LogP contribution in [0.15, 0.2) is 12.2 Å². The first-order valence-electron chi connectivity index (χ1n) is 6.44. The van der Waals surface area contributed by atoms with Gasteiger partial charge < -0.3 is 24.8 Å². The third-order valence-corrected chi connectivity index (χ3v) is 3.16. The highest BCUT2D eigenvalue weighted by atomic mass is 16.7. The van der Waals surface area contributed by atoms with Crippen molar-refractivity contribution in [1.29, 1.82) is 0 Å². The molecule has 0 bridgehead atoms. The van der Waals surface area contributed by atoms with E-state index in [1.807, 2.05) is 6.92 Å². The SMILES string of the molecule is C[C@@H]1[C@H](O[C@H](C)CC/C=C/C(=O)O)OC[C@@H](O)[C@H]1O. The molecular formula is C13H22O6. The monoisotopic (exact) mass is 274 g/mol. The Morgan fingerprint density at radius 3 is 2.84 bits per heavy atom. The maximum Gasteiger partial charge on any atom is 0.327 e. The van der Waals surface area contributed by atoms with Gasteiger partial charge in [0, 0.05) is 12.0 Å². The zero-order chi connectivity index (χ0) is 14.4. The first-order chi connectivity index (χ1) is 8.91. The van der Waals surface area contributed by atoms with Gasteiger partial charge in [0.15, 0.2) is 6.29 Å². The molecule has 0 aromatic rings. The molecule has 0 amide bonds. The standard InChI is InChI=1S/C13H22O6/c1-8(5-3-4-6-11(15)16)19-13-9(2)12(17)10(14)7-18-13/h4,6,8-10,12-14,17H,3,5,7H2,1-2H3,(H,15,16)/b6-4+/t8-,9+,10-,12+,13+/m1/s1. The van der Waals surface area contributed by atoms with Gasteiger partial charge in [-0.25, -0.2) is 4.79 Å². The van der Waals surface area contributed by atoms with Gasteiger partial charge in [0.25, 0.3) is 0 Å². The average molecular weight is 274 g/mol. The summed E-state index contributed by atoms with van der Waals surface area (Å²) in [5.41, 5.74) is 0. The molecule has 0 radical (unpaired) electrons. The lowest BCUT2D eigenvalue weighted by molar-refractivity contribution is -0.259. The van der Waals surface area contributed by atoms with Crippen LogP contribution in [-0.4, -0.2) is 52.5 Å². The van der Waals surface area contributed by atoms with Gasteiger partial charge in [-0.05, 0) is 19.8 Å². The maximum absolute atomic E-state index is 10.3. The fourth-order valence-corrected chi connectivity index (χ4v) is 1.93. The molecular weight excluding hydrogens is 252 g/mol. The minimum atomic E-state index is -0.963. The molecule has 6 heteroatoms. The first-order valence-corrected chi connectivity index (χ1v) is 6.44. The molecule has 6 nitrogen and oxygen atoms in total. The average Bonchev–Trinajstić information content (AvgIpc) is 2.35. The number of ether oxygens (including phenoxy) is 2. The van der Waals surface area contributed by atoms with Crippen molar-refractivity contribution in [2.45, 2.75) is 51.3 Å². The van der Waals surface area contributed by atoms with Crippen LogP contribution in [0.3, 0.4) is 0 Å². The number of aliphatic hydroxyl groups excluding tert-OH is 2.